The summed E-state index contributed by atoms with van der Waals surface area (Å²) in [5.41, 5.74) is 7.87. The van der Waals surface area contributed by atoms with Crippen LogP contribution in [-0.4, -0.2) is 50.1 Å². The molecule has 10 heteroatoms. The van der Waals surface area contributed by atoms with Crippen LogP contribution in [0.4, 0.5) is 0 Å². The average Bonchev–Trinajstić information content (AvgIpc) is 3.26. The molecule has 3 N–H and O–H groups in total. The summed E-state index contributed by atoms with van der Waals surface area (Å²) in [6.07, 6.45) is 9.16. The van der Waals surface area contributed by atoms with Crippen LogP contribution in [0.5, 0.6) is 0 Å². The van der Waals surface area contributed by atoms with Gasteiger partial charge in [0.2, 0.25) is 11.8 Å². The van der Waals surface area contributed by atoms with Gasteiger partial charge in [0.15, 0.2) is 0 Å². The molecule has 0 unspecified atom stereocenters. The lowest BCUT2D eigenvalue weighted by molar-refractivity contribution is -0.149. The van der Waals surface area contributed by atoms with E-state index in [0.717, 1.165) is 36.9 Å². The van der Waals surface area contributed by atoms with Crippen molar-refractivity contribution in [3.8, 4) is 5.69 Å². The standard InChI is InChI=1S/C21H27ClN6O2.ClH/c22-16-6-7-17(28-13-24-12-26-28)15(10-16)11-25-20(29)18-8-9-27(18)21(30)19(23)14-4-2-1-3-5-14;/h6-7,10,12-14,18-19H,1-5,8-9,11,23H2,(H,25,29);1H/t18-,19+;/m0./s1. The van der Waals surface area contributed by atoms with Crippen molar-refractivity contribution in [1.29, 1.82) is 0 Å². The fourth-order valence-corrected chi connectivity index (χ4v) is 4.56. The summed E-state index contributed by atoms with van der Waals surface area (Å²) in [5.74, 6) is -0.0402. The zero-order valence-corrected chi connectivity index (χ0v) is 18.8. The number of nitrogens with one attached hydrogen (secondary N) is 1. The Balaban J connectivity index is 0.00000272. The maximum Gasteiger partial charge on any atom is 0.243 e. The van der Waals surface area contributed by atoms with Crippen LogP contribution in [0.1, 0.15) is 44.1 Å². The quantitative estimate of drug-likeness (QED) is 0.679. The Morgan fingerprint density at radius 2 is 2.00 bits per heavy atom. The molecule has 2 atom stereocenters. The van der Waals surface area contributed by atoms with Crippen LogP contribution in [-0.2, 0) is 16.1 Å². The maximum absolute atomic E-state index is 12.9. The van der Waals surface area contributed by atoms with Crippen molar-refractivity contribution in [3.63, 3.8) is 0 Å². The number of nitrogens with zero attached hydrogens (tertiary/aromatic N) is 4. The van der Waals surface area contributed by atoms with Crippen LogP contribution >= 0.6 is 24.0 Å². The fourth-order valence-electron chi connectivity index (χ4n) is 4.36. The van der Waals surface area contributed by atoms with Gasteiger partial charge in [0, 0.05) is 18.1 Å². The molecule has 1 aliphatic heterocycles. The Bertz CT molecular complexity index is 901. The van der Waals surface area contributed by atoms with Crippen LogP contribution in [0.3, 0.4) is 0 Å². The molecule has 1 aromatic heterocycles. The summed E-state index contributed by atoms with van der Waals surface area (Å²) < 4.78 is 1.63. The number of aromatic nitrogens is 3. The van der Waals surface area contributed by atoms with E-state index in [2.05, 4.69) is 15.4 Å². The van der Waals surface area contributed by atoms with Crippen LogP contribution in [0.25, 0.3) is 5.69 Å². The summed E-state index contributed by atoms with van der Waals surface area (Å²) in [5, 5.41) is 7.66. The second-order valence-corrected chi connectivity index (χ2v) is 8.53. The summed E-state index contributed by atoms with van der Waals surface area (Å²) >= 11 is 6.14. The minimum absolute atomic E-state index is 0. The molecule has 0 radical (unpaired) electrons. The number of nitrogens with two attached hydrogens (primary N) is 1. The van der Waals surface area contributed by atoms with E-state index >= 15 is 0 Å². The molecule has 2 fully saturated rings. The van der Waals surface area contributed by atoms with Crippen LogP contribution < -0.4 is 11.1 Å². The maximum atomic E-state index is 12.9. The second-order valence-electron chi connectivity index (χ2n) is 8.09. The molecule has 0 spiro atoms. The van der Waals surface area contributed by atoms with Crippen LogP contribution in [0.2, 0.25) is 5.02 Å². The number of carbonyl (C=O) groups is 2. The molecule has 1 saturated heterocycles. The number of halogens is 2. The number of carbonyl (C=O) groups excluding carboxylic acids is 2. The molecular weight excluding hydrogens is 439 g/mol. The minimum Gasteiger partial charge on any atom is -0.350 e. The smallest absolute Gasteiger partial charge is 0.243 e. The van der Waals surface area contributed by atoms with Crippen molar-refractivity contribution in [2.75, 3.05) is 6.54 Å². The van der Waals surface area contributed by atoms with Crippen molar-refractivity contribution in [1.82, 2.24) is 25.0 Å². The fraction of sp³-hybridized carbons (Fsp3) is 0.524. The summed E-state index contributed by atoms with van der Waals surface area (Å²) in [6, 6.07) is 4.43. The third-order valence-electron chi connectivity index (χ3n) is 6.21. The van der Waals surface area contributed by atoms with Gasteiger partial charge in [-0.1, -0.05) is 30.9 Å². The predicted molar refractivity (Wildman–Crippen MR) is 120 cm³/mol. The predicted octanol–water partition coefficient (Wildman–Crippen LogP) is 2.47. The highest BCUT2D eigenvalue weighted by atomic mass is 35.5. The zero-order chi connectivity index (χ0) is 21.1. The molecule has 31 heavy (non-hydrogen) atoms. The van der Waals surface area contributed by atoms with E-state index in [0.29, 0.717) is 18.0 Å². The van der Waals surface area contributed by atoms with Gasteiger partial charge in [0.25, 0.3) is 0 Å². The first-order chi connectivity index (χ1) is 14.5. The molecule has 2 aliphatic rings. The summed E-state index contributed by atoms with van der Waals surface area (Å²) in [7, 11) is 0. The van der Waals surface area contributed by atoms with Gasteiger partial charge in [-0.25, -0.2) is 9.67 Å². The van der Waals surface area contributed by atoms with Crippen molar-refractivity contribution in [2.45, 2.75) is 57.2 Å². The lowest BCUT2D eigenvalue weighted by atomic mass is 9.83. The van der Waals surface area contributed by atoms with Crippen LogP contribution in [0.15, 0.2) is 30.9 Å². The third-order valence-corrected chi connectivity index (χ3v) is 6.44. The Kier molecular flexibility index (Phi) is 7.91. The van der Waals surface area contributed by atoms with Gasteiger partial charge < -0.3 is 16.0 Å². The van der Waals surface area contributed by atoms with E-state index in [4.69, 9.17) is 17.3 Å². The van der Waals surface area contributed by atoms with E-state index in [-0.39, 0.29) is 36.7 Å². The number of rotatable bonds is 6. The Hall–Kier alpha value is -2.16. The van der Waals surface area contributed by atoms with E-state index in [9.17, 15) is 9.59 Å². The topological polar surface area (TPSA) is 106 Å². The van der Waals surface area contributed by atoms with Gasteiger partial charge in [-0.05, 0) is 48.9 Å². The Labute approximate surface area is 192 Å². The average molecular weight is 467 g/mol. The monoisotopic (exact) mass is 466 g/mol. The van der Waals surface area contributed by atoms with Crippen molar-refractivity contribution in [3.05, 3.63) is 41.4 Å². The number of amides is 2. The SMILES string of the molecule is Cl.N[C@@H](C(=O)N1CC[C@H]1C(=O)NCc1cc(Cl)ccc1-n1cncn1)C1CCCCC1. The van der Waals surface area contributed by atoms with E-state index < -0.39 is 12.1 Å². The number of hydrogen-bond acceptors (Lipinski definition) is 5. The third kappa shape index (κ3) is 5.19. The minimum atomic E-state index is -0.507. The Morgan fingerprint density at radius 3 is 2.65 bits per heavy atom. The second kappa shape index (κ2) is 10.4. The zero-order valence-electron chi connectivity index (χ0n) is 17.2. The summed E-state index contributed by atoms with van der Waals surface area (Å²) in [4.78, 5) is 31.2. The molecule has 0 bridgehead atoms. The highest BCUT2D eigenvalue weighted by molar-refractivity contribution is 6.30. The summed E-state index contributed by atoms with van der Waals surface area (Å²) in [6.45, 7) is 0.862. The lowest BCUT2D eigenvalue weighted by Crippen LogP contribution is -2.62. The Morgan fingerprint density at radius 1 is 1.23 bits per heavy atom. The molecule has 2 heterocycles. The molecule has 168 valence electrons. The highest BCUT2D eigenvalue weighted by Gasteiger charge is 2.41. The first kappa shape index (κ1) is 23.5. The van der Waals surface area contributed by atoms with Gasteiger partial charge in [-0.15, -0.1) is 12.4 Å². The van der Waals surface area contributed by atoms with Gasteiger partial charge in [0.05, 0.1) is 11.7 Å². The van der Waals surface area contributed by atoms with Crippen molar-refractivity contribution >= 4 is 35.8 Å². The first-order valence-corrected chi connectivity index (χ1v) is 10.9. The van der Waals surface area contributed by atoms with Gasteiger partial charge in [-0.2, -0.15) is 5.10 Å². The number of hydrogen-bond donors (Lipinski definition) is 2. The first-order valence-electron chi connectivity index (χ1n) is 10.5. The molecule has 4 rings (SSSR count). The van der Waals surface area contributed by atoms with Crippen LogP contribution in [0, 0.1) is 5.92 Å². The molecular formula is C21H28Cl2N6O2. The molecule has 1 aliphatic carbocycles. The van der Waals surface area contributed by atoms with Crippen molar-refractivity contribution in [2.24, 2.45) is 11.7 Å². The molecule has 1 saturated carbocycles. The lowest BCUT2D eigenvalue weighted by Gasteiger charge is -2.42. The number of likely N-dealkylation sites (tertiary alicyclic amines) is 1. The van der Waals surface area contributed by atoms with Gasteiger partial charge in [-0.3, -0.25) is 9.59 Å². The van der Waals surface area contributed by atoms with Gasteiger partial charge in [0.1, 0.15) is 18.7 Å². The normalized spacial score (nSPS) is 19.8. The van der Waals surface area contributed by atoms with E-state index in [1.54, 1.807) is 28.0 Å². The molecule has 8 nitrogen and oxygen atoms in total. The van der Waals surface area contributed by atoms with Crippen molar-refractivity contribution < 1.29 is 9.59 Å². The highest BCUT2D eigenvalue weighted by Crippen LogP contribution is 2.28. The molecule has 2 amide bonds. The van der Waals surface area contributed by atoms with Gasteiger partial charge >= 0.3 is 0 Å². The largest absolute Gasteiger partial charge is 0.350 e. The van der Waals surface area contributed by atoms with E-state index in [1.807, 2.05) is 6.07 Å². The molecule has 2 aromatic rings. The number of benzene rings is 1. The molecule has 1 aromatic carbocycles. The van der Waals surface area contributed by atoms with E-state index in [1.165, 1.54) is 12.7 Å².